The van der Waals surface area contributed by atoms with Gasteiger partial charge in [-0.25, -0.2) is 4.79 Å². The van der Waals surface area contributed by atoms with Crippen LogP contribution in [-0.2, 0) is 9.53 Å². The number of amides is 2. The zero-order valence-corrected chi connectivity index (χ0v) is 17.5. The molecule has 0 unspecified atom stereocenters. The van der Waals surface area contributed by atoms with Gasteiger partial charge in [0, 0.05) is 35.7 Å². The van der Waals surface area contributed by atoms with Crippen molar-refractivity contribution in [1.29, 1.82) is 0 Å². The number of Topliss-reactive ketones (excluding diaryl/α,β-unsaturated/α-hetero) is 1. The summed E-state index contributed by atoms with van der Waals surface area (Å²) in [5, 5.41) is 8.55. The van der Waals surface area contributed by atoms with Gasteiger partial charge in [-0.05, 0) is 49.3 Å². The second-order valence-electron chi connectivity index (χ2n) is 7.92. The van der Waals surface area contributed by atoms with Crippen LogP contribution in [0.3, 0.4) is 0 Å². The number of fused-ring (bicyclic) bond motifs is 1. The van der Waals surface area contributed by atoms with Gasteiger partial charge < -0.3 is 15.4 Å². The van der Waals surface area contributed by atoms with Gasteiger partial charge in [-0.3, -0.25) is 9.69 Å². The largest absolute Gasteiger partial charge is 0.376 e. The van der Waals surface area contributed by atoms with Gasteiger partial charge in [-0.15, -0.1) is 11.3 Å². The first-order valence-corrected chi connectivity index (χ1v) is 11.4. The standard InChI is InChI=1S/C23H25N3O3S/c27-19-10-3-8-17-21(19)22(20-11-5-13-30-20)26(18-9-2-1-7-16(18)25-17)23(28)24-14-15-6-4-12-29-15/h1-2,5,7,9,11,13,15,22,25H,3-4,6,8,10,12,14H2,(H,24,28)/t15-,22+/m0/s1. The molecule has 2 N–H and O–H groups in total. The summed E-state index contributed by atoms with van der Waals surface area (Å²) in [5.41, 5.74) is 3.28. The summed E-state index contributed by atoms with van der Waals surface area (Å²) >= 11 is 1.58. The Morgan fingerprint density at radius 2 is 2.10 bits per heavy atom. The second-order valence-corrected chi connectivity index (χ2v) is 8.90. The Kier molecular flexibility index (Phi) is 5.31. The van der Waals surface area contributed by atoms with E-state index in [1.165, 1.54) is 0 Å². The van der Waals surface area contributed by atoms with Crippen molar-refractivity contribution in [2.24, 2.45) is 0 Å². The highest BCUT2D eigenvalue weighted by atomic mass is 32.1. The van der Waals surface area contributed by atoms with Gasteiger partial charge in [-0.2, -0.15) is 0 Å². The molecule has 7 heteroatoms. The van der Waals surface area contributed by atoms with Crippen molar-refractivity contribution in [2.75, 3.05) is 23.4 Å². The number of para-hydroxylation sites is 2. The molecule has 1 aromatic heterocycles. The number of hydrogen-bond donors (Lipinski definition) is 2. The molecule has 2 aliphatic heterocycles. The van der Waals surface area contributed by atoms with Gasteiger partial charge in [0.05, 0.1) is 17.5 Å². The van der Waals surface area contributed by atoms with Gasteiger partial charge in [0.15, 0.2) is 5.78 Å². The van der Waals surface area contributed by atoms with Crippen LogP contribution in [-0.4, -0.2) is 31.1 Å². The maximum atomic E-state index is 13.6. The van der Waals surface area contributed by atoms with Crippen LogP contribution >= 0.6 is 11.3 Å². The predicted molar refractivity (Wildman–Crippen MR) is 118 cm³/mol. The van der Waals surface area contributed by atoms with E-state index in [-0.39, 0.29) is 17.9 Å². The van der Waals surface area contributed by atoms with Gasteiger partial charge in [0.25, 0.3) is 0 Å². The zero-order valence-electron chi connectivity index (χ0n) is 16.7. The molecule has 0 saturated carbocycles. The van der Waals surface area contributed by atoms with E-state index in [0.29, 0.717) is 18.5 Å². The average Bonchev–Trinajstić information content (AvgIpc) is 3.44. The molecule has 156 valence electrons. The van der Waals surface area contributed by atoms with Crippen molar-refractivity contribution >= 4 is 34.5 Å². The quantitative estimate of drug-likeness (QED) is 0.756. The number of ketones is 1. The first-order chi connectivity index (χ1) is 14.7. The monoisotopic (exact) mass is 423 g/mol. The lowest BCUT2D eigenvalue weighted by atomic mass is 9.88. The van der Waals surface area contributed by atoms with E-state index in [2.05, 4.69) is 10.6 Å². The third kappa shape index (κ3) is 3.52. The normalized spacial score (nSPS) is 23.5. The fourth-order valence-corrected chi connectivity index (χ4v) is 5.39. The predicted octanol–water partition coefficient (Wildman–Crippen LogP) is 4.62. The minimum absolute atomic E-state index is 0.0561. The van der Waals surface area contributed by atoms with Crippen molar-refractivity contribution in [3.05, 3.63) is 57.9 Å². The molecule has 30 heavy (non-hydrogen) atoms. The minimum Gasteiger partial charge on any atom is -0.376 e. The topological polar surface area (TPSA) is 70.7 Å². The van der Waals surface area contributed by atoms with Crippen molar-refractivity contribution < 1.29 is 14.3 Å². The summed E-state index contributed by atoms with van der Waals surface area (Å²) in [5.74, 6) is 0.117. The molecule has 2 amide bonds. The Morgan fingerprint density at radius 3 is 2.90 bits per heavy atom. The number of thiophene rings is 1. The SMILES string of the molecule is O=C1CCCC2=C1[C@@H](c1cccs1)N(C(=O)NC[C@@H]1CCCO1)c1ccccc1N2. The van der Waals surface area contributed by atoms with E-state index in [0.717, 1.165) is 54.2 Å². The van der Waals surface area contributed by atoms with E-state index >= 15 is 0 Å². The molecule has 3 aliphatic rings. The summed E-state index contributed by atoms with van der Waals surface area (Å²) in [7, 11) is 0. The van der Waals surface area contributed by atoms with Gasteiger partial charge in [0.2, 0.25) is 0 Å². The number of carbonyl (C=O) groups excluding carboxylic acids is 2. The number of benzene rings is 1. The van der Waals surface area contributed by atoms with Crippen molar-refractivity contribution in [3.63, 3.8) is 0 Å². The minimum atomic E-state index is -0.437. The third-order valence-corrected chi connectivity index (χ3v) is 6.90. The Hall–Kier alpha value is -2.64. The van der Waals surface area contributed by atoms with Crippen LogP contribution in [0.1, 0.15) is 43.0 Å². The van der Waals surface area contributed by atoms with Crippen LogP contribution in [0.15, 0.2) is 53.0 Å². The molecular formula is C23H25N3O3S. The fourth-order valence-electron chi connectivity index (χ4n) is 4.57. The number of hydrogen-bond acceptors (Lipinski definition) is 5. The van der Waals surface area contributed by atoms with Crippen molar-refractivity contribution in [1.82, 2.24) is 5.32 Å². The van der Waals surface area contributed by atoms with Gasteiger partial charge in [0.1, 0.15) is 6.04 Å². The van der Waals surface area contributed by atoms with Crippen LogP contribution in [0.5, 0.6) is 0 Å². The highest BCUT2D eigenvalue weighted by molar-refractivity contribution is 7.10. The van der Waals surface area contributed by atoms with Crippen LogP contribution in [0.2, 0.25) is 0 Å². The lowest BCUT2D eigenvalue weighted by Crippen LogP contribution is -2.46. The summed E-state index contributed by atoms with van der Waals surface area (Å²) < 4.78 is 5.68. The van der Waals surface area contributed by atoms with Crippen molar-refractivity contribution in [2.45, 2.75) is 44.2 Å². The first kappa shape index (κ1) is 19.3. The number of ether oxygens (including phenoxy) is 1. The van der Waals surface area contributed by atoms with Crippen molar-refractivity contribution in [3.8, 4) is 0 Å². The number of anilines is 2. The molecule has 0 bridgehead atoms. The average molecular weight is 424 g/mol. The Labute approximate surface area is 179 Å². The summed E-state index contributed by atoms with van der Waals surface area (Å²) in [6, 6.07) is 11.1. The summed E-state index contributed by atoms with van der Waals surface area (Å²) in [6.07, 6.45) is 4.20. The Balaban J connectivity index is 1.59. The Bertz CT molecular complexity index is 979. The van der Waals surface area contributed by atoms with Crippen LogP contribution in [0, 0.1) is 0 Å². The Morgan fingerprint density at radius 1 is 1.20 bits per heavy atom. The molecule has 1 aliphatic carbocycles. The lowest BCUT2D eigenvalue weighted by Gasteiger charge is -2.33. The van der Waals surface area contributed by atoms with Crippen LogP contribution < -0.4 is 15.5 Å². The molecule has 0 radical (unpaired) electrons. The lowest BCUT2D eigenvalue weighted by molar-refractivity contribution is -0.116. The number of carbonyl (C=O) groups is 2. The highest BCUT2D eigenvalue weighted by Crippen LogP contribution is 2.45. The molecule has 1 fully saturated rings. The number of allylic oxidation sites excluding steroid dienone is 1. The molecule has 2 aromatic rings. The molecule has 3 heterocycles. The number of nitrogens with zero attached hydrogens (tertiary/aromatic N) is 1. The molecule has 1 aromatic carbocycles. The molecule has 2 atom stereocenters. The smallest absolute Gasteiger partial charge is 0.322 e. The van der Waals surface area contributed by atoms with Crippen LogP contribution in [0.25, 0.3) is 0 Å². The maximum Gasteiger partial charge on any atom is 0.322 e. The van der Waals surface area contributed by atoms with E-state index in [9.17, 15) is 9.59 Å². The number of urea groups is 1. The molecule has 6 nitrogen and oxygen atoms in total. The highest BCUT2D eigenvalue weighted by Gasteiger charge is 2.40. The van der Waals surface area contributed by atoms with Gasteiger partial charge >= 0.3 is 6.03 Å². The number of rotatable bonds is 3. The molecule has 0 spiro atoms. The van der Waals surface area contributed by atoms with E-state index in [1.54, 1.807) is 16.2 Å². The van der Waals surface area contributed by atoms with Crippen LogP contribution in [0.4, 0.5) is 16.2 Å². The zero-order chi connectivity index (χ0) is 20.5. The third-order valence-electron chi connectivity index (χ3n) is 5.97. The maximum absolute atomic E-state index is 13.6. The summed E-state index contributed by atoms with van der Waals surface area (Å²) in [6.45, 7) is 1.22. The van der Waals surface area contributed by atoms with Gasteiger partial charge in [-0.1, -0.05) is 18.2 Å². The second kappa shape index (κ2) is 8.24. The molecule has 5 rings (SSSR count). The molecular weight excluding hydrogens is 398 g/mol. The molecule has 1 saturated heterocycles. The summed E-state index contributed by atoms with van der Waals surface area (Å²) in [4.78, 5) is 29.4. The fraction of sp³-hybridized carbons (Fsp3) is 0.391. The van der Waals surface area contributed by atoms with E-state index in [1.807, 2.05) is 41.8 Å². The van der Waals surface area contributed by atoms with E-state index < -0.39 is 6.04 Å². The first-order valence-electron chi connectivity index (χ1n) is 10.6. The van der Waals surface area contributed by atoms with E-state index in [4.69, 9.17) is 4.74 Å². The number of nitrogens with one attached hydrogen (secondary N) is 2.